The molecule has 0 aliphatic rings. The normalized spacial score (nSPS) is 11.2. The summed E-state index contributed by atoms with van der Waals surface area (Å²) >= 11 is 0. The molecule has 0 radical (unpaired) electrons. The lowest BCUT2D eigenvalue weighted by atomic mass is 10.0. The maximum absolute atomic E-state index is 12.3. The van der Waals surface area contributed by atoms with Gasteiger partial charge in [-0.05, 0) is 26.0 Å². The van der Waals surface area contributed by atoms with Gasteiger partial charge in [0.15, 0.2) is 0 Å². The van der Waals surface area contributed by atoms with E-state index in [0.29, 0.717) is 5.56 Å². The maximum atomic E-state index is 12.3. The number of carbonyl (C=O) groups is 1. The van der Waals surface area contributed by atoms with Gasteiger partial charge in [0.05, 0.1) is 12.1 Å². The van der Waals surface area contributed by atoms with E-state index in [1.165, 1.54) is 0 Å². The number of aliphatic hydroxyl groups is 1. The lowest BCUT2D eigenvalue weighted by Crippen LogP contribution is -2.47. The minimum absolute atomic E-state index is 0.0825. The molecule has 1 amide bonds. The standard InChI is InChI=1S/C13H21N3O2/c1-13(2,9-17)16(5)12(18)10-6-7-14-11(8-10)15(3)4/h6-8,17H,9H2,1-5H3. The molecule has 5 nitrogen and oxygen atoms in total. The number of likely N-dealkylation sites (N-methyl/N-ethyl adjacent to an activating group) is 1. The molecule has 0 bridgehead atoms. The Morgan fingerprint density at radius 2 is 2.00 bits per heavy atom. The van der Waals surface area contributed by atoms with E-state index in [-0.39, 0.29) is 12.5 Å². The van der Waals surface area contributed by atoms with Crippen LogP contribution in [0.4, 0.5) is 5.82 Å². The second-order valence-corrected chi connectivity index (χ2v) is 5.13. The summed E-state index contributed by atoms with van der Waals surface area (Å²) in [6.45, 7) is 3.55. The van der Waals surface area contributed by atoms with Crippen LogP contribution >= 0.6 is 0 Å². The molecular weight excluding hydrogens is 230 g/mol. The van der Waals surface area contributed by atoms with Gasteiger partial charge in [-0.1, -0.05) is 0 Å². The molecule has 100 valence electrons. The van der Waals surface area contributed by atoms with Gasteiger partial charge >= 0.3 is 0 Å². The van der Waals surface area contributed by atoms with Crippen molar-refractivity contribution < 1.29 is 9.90 Å². The highest BCUT2D eigenvalue weighted by Crippen LogP contribution is 2.17. The van der Waals surface area contributed by atoms with E-state index in [1.54, 1.807) is 30.3 Å². The van der Waals surface area contributed by atoms with E-state index in [1.807, 2.05) is 32.8 Å². The number of pyridine rings is 1. The SMILES string of the molecule is CN(C)c1cc(C(=O)N(C)C(C)(C)CO)ccn1. The molecular formula is C13H21N3O2. The summed E-state index contributed by atoms with van der Waals surface area (Å²) in [5.74, 6) is 0.607. The molecule has 18 heavy (non-hydrogen) atoms. The van der Waals surface area contributed by atoms with Crippen LogP contribution < -0.4 is 4.90 Å². The van der Waals surface area contributed by atoms with Crippen LogP contribution in [0.15, 0.2) is 18.3 Å². The summed E-state index contributed by atoms with van der Waals surface area (Å²) in [6.07, 6.45) is 1.61. The highest BCUT2D eigenvalue weighted by Gasteiger charge is 2.27. The Kier molecular flexibility index (Phi) is 4.29. The van der Waals surface area contributed by atoms with E-state index in [9.17, 15) is 9.90 Å². The van der Waals surface area contributed by atoms with Crippen molar-refractivity contribution in [2.75, 3.05) is 32.6 Å². The molecule has 0 atom stereocenters. The minimum Gasteiger partial charge on any atom is -0.394 e. The zero-order valence-electron chi connectivity index (χ0n) is 11.6. The topological polar surface area (TPSA) is 56.7 Å². The summed E-state index contributed by atoms with van der Waals surface area (Å²) in [4.78, 5) is 19.8. The minimum atomic E-state index is -0.585. The van der Waals surface area contributed by atoms with E-state index in [2.05, 4.69) is 4.98 Å². The molecule has 1 heterocycles. The number of aromatic nitrogens is 1. The average molecular weight is 251 g/mol. The quantitative estimate of drug-likeness (QED) is 0.867. The fraction of sp³-hybridized carbons (Fsp3) is 0.538. The maximum Gasteiger partial charge on any atom is 0.254 e. The van der Waals surface area contributed by atoms with Crippen molar-refractivity contribution in [3.8, 4) is 0 Å². The highest BCUT2D eigenvalue weighted by molar-refractivity contribution is 5.95. The van der Waals surface area contributed by atoms with Crippen molar-refractivity contribution in [1.82, 2.24) is 9.88 Å². The number of anilines is 1. The molecule has 0 aliphatic heterocycles. The Morgan fingerprint density at radius 3 is 2.50 bits per heavy atom. The Morgan fingerprint density at radius 1 is 1.39 bits per heavy atom. The van der Waals surface area contributed by atoms with Gasteiger partial charge in [0, 0.05) is 32.9 Å². The van der Waals surface area contributed by atoms with Crippen LogP contribution in [0.5, 0.6) is 0 Å². The largest absolute Gasteiger partial charge is 0.394 e. The second-order valence-electron chi connectivity index (χ2n) is 5.13. The van der Waals surface area contributed by atoms with Crippen LogP contribution in [-0.4, -0.2) is 54.2 Å². The van der Waals surface area contributed by atoms with Crippen molar-refractivity contribution >= 4 is 11.7 Å². The van der Waals surface area contributed by atoms with Crippen molar-refractivity contribution in [2.45, 2.75) is 19.4 Å². The Hall–Kier alpha value is -1.62. The van der Waals surface area contributed by atoms with Crippen LogP contribution in [0.1, 0.15) is 24.2 Å². The third-order valence-corrected chi connectivity index (χ3v) is 3.05. The van der Waals surface area contributed by atoms with Crippen LogP contribution in [0.2, 0.25) is 0 Å². The highest BCUT2D eigenvalue weighted by atomic mass is 16.3. The van der Waals surface area contributed by atoms with Crippen molar-refractivity contribution in [1.29, 1.82) is 0 Å². The summed E-state index contributed by atoms with van der Waals surface area (Å²) < 4.78 is 0. The number of rotatable bonds is 4. The predicted octanol–water partition coefficient (Wildman–Crippen LogP) is 0.990. The Labute approximate surface area is 108 Å². The summed E-state index contributed by atoms with van der Waals surface area (Å²) in [6, 6.07) is 3.42. The summed E-state index contributed by atoms with van der Waals surface area (Å²) in [7, 11) is 5.43. The third-order valence-electron chi connectivity index (χ3n) is 3.05. The van der Waals surface area contributed by atoms with Crippen LogP contribution in [-0.2, 0) is 0 Å². The average Bonchev–Trinajstić information content (AvgIpc) is 2.37. The zero-order chi connectivity index (χ0) is 13.9. The van der Waals surface area contributed by atoms with Crippen molar-refractivity contribution in [3.63, 3.8) is 0 Å². The molecule has 0 saturated carbocycles. The molecule has 0 aliphatic carbocycles. The molecule has 1 rings (SSSR count). The molecule has 0 saturated heterocycles. The number of amides is 1. The molecule has 1 aromatic heterocycles. The molecule has 0 fully saturated rings. The number of carbonyl (C=O) groups excluding carboxylic acids is 1. The molecule has 0 spiro atoms. The second kappa shape index (κ2) is 5.35. The third kappa shape index (κ3) is 2.98. The fourth-order valence-corrected chi connectivity index (χ4v) is 1.37. The monoisotopic (exact) mass is 251 g/mol. The molecule has 1 aromatic rings. The van der Waals surface area contributed by atoms with E-state index in [0.717, 1.165) is 5.82 Å². The Balaban J connectivity index is 3.01. The van der Waals surface area contributed by atoms with Gasteiger partial charge < -0.3 is 14.9 Å². The van der Waals surface area contributed by atoms with Gasteiger partial charge in [-0.25, -0.2) is 4.98 Å². The van der Waals surface area contributed by atoms with Crippen LogP contribution in [0.25, 0.3) is 0 Å². The predicted molar refractivity (Wildman–Crippen MR) is 71.8 cm³/mol. The first-order chi connectivity index (χ1) is 8.29. The van der Waals surface area contributed by atoms with Gasteiger partial charge in [-0.3, -0.25) is 4.79 Å². The molecule has 0 unspecified atom stereocenters. The molecule has 5 heteroatoms. The fourth-order valence-electron chi connectivity index (χ4n) is 1.37. The smallest absolute Gasteiger partial charge is 0.254 e. The zero-order valence-corrected chi connectivity index (χ0v) is 11.6. The lowest BCUT2D eigenvalue weighted by molar-refractivity contribution is 0.0473. The van der Waals surface area contributed by atoms with Crippen molar-refractivity contribution in [2.24, 2.45) is 0 Å². The number of hydrogen-bond acceptors (Lipinski definition) is 4. The number of aliphatic hydroxyl groups excluding tert-OH is 1. The number of hydrogen-bond donors (Lipinski definition) is 1. The molecule has 0 aromatic carbocycles. The van der Waals surface area contributed by atoms with E-state index in [4.69, 9.17) is 0 Å². The van der Waals surface area contributed by atoms with E-state index < -0.39 is 5.54 Å². The first-order valence-electron chi connectivity index (χ1n) is 5.82. The Bertz CT molecular complexity index is 430. The first kappa shape index (κ1) is 14.4. The van der Waals surface area contributed by atoms with Gasteiger partial charge in [0.2, 0.25) is 0 Å². The van der Waals surface area contributed by atoms with Gasteiger partial charge in [-0.15, -0.1) is 0 Å². The van der Waals surface area contributed by atoms with Crippen LogP contribution in [0, 0.1) is 0 Å². The van der Waals surface area contributed by atoms with Gasteiger partial charge in [-0.2, -0.15) is 0 Å². The van der Waals surface area contributed by atoms with Gasteiger partial charge in [0.1, 0.15) is 5.82 Å². The van der Waals surface area contributed by atoms with E-state index >= 15 is 0 Å². The molecule has 1 N–H and O–H groups in total. The number of nitrogens with zero attached hydrogens (tertiary/aromatic N) is 3. The van der Waals surface area contributed by atoms with Crippen molar-refractivity contribution in [3.05, 3.63) is 23.9 Å². The summed E-state index contributed by atoms with van der Waals surface area (Å²) in [5.41, 5.74) is -0.0174. The van der Waals surface area contributed by atoms with Gasteiger partial charge in [0.25, 0.3) is 5.91 Å². The summed E-state index contributed by atoms with van der Waals surface area (Å²) in [5, 5.41) is 9.29. The lowest BCUT2D eigenvalue weighted by Gasteiger charge is -2.34. The first-order valence-corrected chi connectivity index (χ1v) is 5.82. The van der Waals surface area contributed by atoms with Crippen LogP contribution in [0.3, 0.4) is 0 Å².